The van der Waals surface area contributed by atoms with Crippen LogP contribution in [0.4, 0.5) is 0 Å². The van der Waals surface area contributed by atoms with Crippen LogP contribution in [0.25, 0.3) is 0 Å². The molecule has 0 bridgehead atoms. The Labute approximate surface area is 152 Å². The summed E-state index contributed by atoms with van der Waals surface area (Å²) in [6.45, 7) is 6.89. The molecule has 3 aromatic rings. The largest absolute Gasteiger partial charge is 0.348 e. The van der Waals surface area contributed by atoms with Crippen LogP contribution in [0, 0.1) is 20.8 Å². The number of hydrogen-bond donors (Lipinski definition) is 1. The zero-order valence-corrected chi connectivity index (χ0v) is 15.2. The van der Waals surface area contributed by atoms with E-state index in [1.165, 1.54) is 0 Å². The molecule has 7 nitrogen and oxygen atoms in total. The van der Waals surface area contributed by atoms with Gasteiger partial charge in [-0.05, 0) is 38.0 Å². The number of H-pyrrole nitrogens is 1. The van der Waals surface area contributed by atoms with E-state index in [0.29, 0.717) is 6.54 Å². The molecule has 1 atom stereocenters. The van der Waals surface area contributed by atoms with E-state index in [9.17, 15) is 4.79 Å². The minimum absolute atomic E-state index is 0.0399. The quantitative estimate of drug-likeness (QED) is 0.784. The van der Waals surface area contributed by atoms with Crippen LogP contribution >= 0.6 is 0 Å². The molecule has 1 aliphatic rings. The highest BCUT2D eigenvalue weighted by Gasteiger charge is 2.34. The van der Waals surface area contributed by atoms with E-state index in [0.717, 1.165) is 40.3 Å². The number of nitrogens with one attached hydrogen (secondary N) is 1. The van der Waals surface area contributed by atoms with E-state index in [2.05, 4.69) is 20.1 Å². The van der Waals surface area contributed by atoms with Gasteiger partial charge in [-0.3, -0.25) is 14.5 Å². The number of carbonyl (C=O) groups excluding carboxylic acids is 1. The van der Waals surface area contributed by atoms with Gasteiger partial charge in [0.1, 0.15) is 12.6 Å². The first kappa shape index (κ1) is 16.5. The van der Waals surface area contributed by atoms with Crippen molar-refractivity contribution < 1.29 is 4.79 Å². The van der Waals surface area contributed by atoms with Gasteiger partial charge in [0, 0.05) is 36.7 Å². The fourth-order valence-corrected chi connectivity index (χ4v) is 3.58. The summed E-state index contributed by atoms with van der Waals surface area (Å²) in [5.41, 5.74) is 6.10. The van der Waals surface area contributed by atoms with Crippen LogP contribution < -0.4 is 0 Å². The van der Waals surface area contributed by atoms with Gasteiger partial charge in [-0.15, -0.1) is 0 Å². The van der Waals surface area contributed by atoms with Crippen LogP contribution in [0.1, 0.15) is 39.9 Å². The van der Waals surface area contributed by atoms with Crippen molar-refractivity contribution in [3.63, 3.8) is 0 Å². The molecule has 4 rings (SSSR count). The number of nitrogens with zero attached hydrogens (tertiary/aromatic N) is 5. The summed E-state index contributed by atoms with van der Waals surface area (Å²) in [7, 11) is 0. The number of carbonyl (C=O) groups is 1. The van der Waals surface area contributed by atoms with Crippen LogP contribution in [0.5, 0.6) is 0 Å². The molecule has 1 amide bonds. The Balaban J connectivity index is 1.68. The van der Waals surface area contributed by atoms with Crippen molar-refractivity contribution in [1.29, 1.82) is 0 Å². The Bertz CT molecular complexity index is 942. The van der Waals surface area contributed by atoms with Gasteiger partial charge in [-0.1, -0.05) is 6.07 Å². The standard InChI is InChI=1S/C19H22N6O/c1-12-13(2)23-25(14(12)3)10-17(26)24-8-6-16-18(22-11-21-16)19(24)15-5-4-7-20-9-15/h4-5,7,9,11,19H,6,8,10H2,1-3H3,(H,21,22)/t19-/m1/s1. The monoisotopic (exact) mass is 350 g/mol. The summed E-state index contributed by atoms with van der Waals surface area (Å²) in [5.74, 6) is 0.0399. The Hall–Kier alpha value is -2.96. The fourth-order valence-electron chi connectivity index (χ4n) is 3.58. The zero-order valence-electron chi connectivity index (χ0n) is 15.2. The van der Waals surface area contributed by atoms with Gasteiger partial charge in [0.05, 0.1) is 17.7 Å². The molecule has 0 aliphatic carbocycles. The lowest BCUT2D eigenvalue weighted by molar-refractivity contribution is -0.134. The highest BCUT2D eigenvalue weighted by molar-refractivity contribution is 5.77. The zero-order chi connectivity index (χ0) is 18.3. The van der Waals surface area contributed by atoms with Gasteiger partial charge < -0.3 is 9.88 Å². The molecular weight excluding hydrogens is 328 g/mol. The highest BCUT2D eigenvalue weighted by atomic mass is 16.2. The number of fused-ring (bicyclic) bond motifs is 1. The smallest absolute Gasteiger partial charge is 0.245 e. The van der Waals surface area contributed by atoms with Gasteiger partial charge in [0.25, 0.3) is 0 Å². The summed E-state index contributed by atoms with van der Waals surface area (Å²) in [5, 5.41) is 4.51. The van der Waals surface area contributed by atoms with E-state index in [-0.39, 0.29) is 18.5 Å². The Morgan fingerprint density at radius 3 is 2.88 bits per heavy atom. The highest BCUT2D eigenvalue weighted by Crippen LogP contribution is 2.33. The number of aryl methyl sites for hydroxylation is 1. The summed E-state index contributed by atoms with van der Waals surface area (Å²) in [6, 6.07) is 3.67. The van der Waals surface area contributed by atoms with Crippen molar-refractivity contribution in [2.45, 2.75) is 39.8 Å². The minimum atomic E-state index is -0.218. The van der Waals surface area contributed by atoms with Crippen molar-refractivity contribution in [3.8, 4) is 0 Å². The van der Waals surface area contributed by atoms with E-state index in [4.69, 9.17) is 0 Å². The second-order valence-corrected chi connectivity index (χ2v) is 6.75. The first-order valence-electron chi connectivity index (χ1n) is 8.78. The van der Waals surface area contributed by atoms with Crippen molar-refractivity contribution in [3.05, 3.63) is 64.8 Å². The fraction of sp³-hybridized carbons (Fsp3) is 0.368. The van der Waals surface area contributed by atoms with Gasteiger partial charge in [0.2, 0.25) is 5.91 Å². The maximum absolute atomic E-state index is 13.2. The molecule has 0 spiro atoms. The van der Waals surface area contributed by atoms with E-state index >= 15 is 0 Å². The average Bonchev–Trinajstić information content (AvgIpc) is 3.22. The SMILES string of the molecule is Cc1nn(CC(=O)N2CCc3[nH]cnc3[C@H]2c2cccnc2)c(C)c1C. The molecule has 26 heavy (non-hydrogen) atoms. The third kappa shape index (κ3) is 2.69. The molecule has 0 aromatic carbocycles. The number of aromatic nitrogens is 5. The van der Waals surface area contributed by atoms with Crippen LogP contribution in [-0.2, 0) is 17.8 Å². The molecule has 0 radical (unpaired) electrons. The average molecular weight is 350 g/mol. The molecule has 1 aliphatic heterocycles. The topological polar surface area (TPSA) is 79.7 Å². The second-order valence-electron chi connectivity index (χ2n) is 6.75. The van der Waals surface area contributed by atoms with Gasteiger partial charge in [-0.25, -0.2) is 4.98 Å². The number of amides is 1. The summed E-state index contributed by atoms with van der Waals surface area (Å²) in [4.78, 5) is 27.0. The van der Waals surface area contributed by atoms with Crippen molar-refractivity contribution in [2.75, 3.05) is 6.54 Å². The lowest BCUT2D eigenvalue weighted by Crippen LogP contribution is -2.42. The third-order valence-electron chi connectivity index (χ3n) is 5.27. The van der Waals surface area contributed by atoms with Gasteiger partial charge >= 0.3 is 0 Å². The molecular formula is C19H22N6O. The van der Waals surface area contributed by atoms with Gasteiger partial charge in [-0.2, -0.15) is 5.10 Å². The van der Waals surface area contributed by atoms with Crippen molar-refractivity contribution in [2.24, 2.45) is 0 Å². The maximum atomic E-state index is 13.2. The summed E-state index contributed by atoms with van der Waals surface area (Å²) >= 11 is 0. The predicted octanol–water partition coefficient (Wildman–Crippen LogP) is 2.10. The molecule has 134 valence electrons. The van der Waals surface area contributed by atoms with Crippen molar-refractivity contribution in [1.82, 2.24) is 29.6 Å². The van der Waals surface area contributed by atoms with Crippen LogP contribution in [0.15, 0.2) is 30.9 Å². The number of pyridine rings is 1. The molecule has 0 saturated carbocycles. The molecule has 0 unspecified atom stereocenters. The number of imidazole rings is 1. The van der Waals surface area contributed by atoms with Gasteiger partial charge in [0.15, 0.2) is 0 Å². The third-order valence-corrected chi connectivity index (χ3v) is 5.27. The van der Waals surface area contributed by atoms with Crippen LogP contribution in [0.3, 0.4) is 0 Å². The first-order valence-corrected chi connectivity index (χ1v) is 8.78. The lowest BCUT2D eigenvalue weighted by atomic mass is 9.96. The molecule has 0 saturated heterocycles. The first-order chi connectivity index (χ1) is 12.6. The minimum Gasteiger partial charge on any atom is -0.348 e. The Kier molecular flexibility index (Phi) is 4.06. The summed E-state index contributed by atoms with van der Waals surface area (Å²) < 4.78 is 1.80. The molecule has 7 heteroatoms. The van der Waals surface area contributed by atoms with E-state index in [1.807, 2.05) is 44.0 Å². The van der Waals surface area contributed by atoms with E-state index in [1.54, 1.807) is 17.2 Å². The number of aromatic amines is 1. The number of hydrogen-bond acceptors (Lipinski definition) is 4. The second kappa shape index (κ2) is 6.40. The maximum Gasteiger partial charge on any atom is 0.245 e. The predicted molar refractivity (Wildman–Crippen MR) is 96.5 cm³/mol. The lowest BCUT2D eigenvalue weighted by Gasteiger charge is -2.35. The molecule has 1 N–H and O–H groups in total. The van der Waals surface area contributed by atoms with Crippen LogP contribution in [0.2, 0.25) is 0 Å². The Morgan fingerprint density at radius 1 is 1.35 bits per heavy atom. The van der Waals surface area contributed by atoms with E-state index < -0.39 is 0 Å². The normalized spacial score (nSPS) is 16.6. The molecule has 3 aromatic heterocycles. The molecule has 4 heterocycles. The van der Waals surface area contributed by atoms with Crippen molar-refractivity contribution >= 4 is 5.91 Å². The number of rotatable bonds is 3. The Morgan fingerprint density at radius 2 is 2.19 bits per heavy atom. The molecule has 0 fully saturated rings. The van der Waals surface area contributed by atoms with Crippen LogP contribution in [-0.4, -0.2) is 42.1 Å². The summed E-state index contributed by atoms with van der Waals surface area (Å²) in [6.07, 6.45) is 6.02.